The summed E-state index contributed by atoms with van der Waals surface area (Å²) in [5.41, 5.74) is 0.974. The molecule has 1 unspecified atom stereocenters. The van der Waals surface area contributed by atoms with Gasteiger partial charge >= 0.3 is 0 Å². The van der Waals surface area contributed by atoms with E-state index in [0.29, 0.717) is 6.42 Å². The van der Waals surface area contributed by atoms with Crippen molar-refractivity contribution in [3.8, 4) is 0 Å². The van der Waals surface area contributed by atoms with Gasteiger partial charge in [-0.2, -0.15) is 0 Å². The van der Waals surface area contributed by atoms with Crippen molar-refractivity contribution < 1.29 is 13.9 Å². The zero-order valence-electron chi connectivity index (χ0n) is 7.16. The van der Waals surface area contributed by atoms with Gasteiger partial charge in [-0.3, -0.25) is 0 Å². The number of aliphatic hydroxyl groups is 1. The number of hydrogen-bond donors (Lipinski definition) is 1. The molecular weight excluding hydrogens is 174 g/mol. The van der Waals surface area contributed by atoms with E-state index >= 15 is 0 Å². The highest BCUT2D eigenvalue weighted by Gasteiger charge is 2.15. The third-order valence-electron chi connectivity index (χ3n) is 1.86. The van der Waals surface area contributed by atoms with Crippen LogP contribution in [-0.4, -0.2) is 17.6 Å². The Hall–Kier alpha value is -0.960. The van der Waals surface area contributed by atoms with Crippen molar-refractivity contribution in [1.82, 2.24) is 0 Å². The van der Waals surface area contributed by atoms with Gasteiger partial charge < -0.3 is 5.11 Å². The minimum absolute atomic E-state index is 0.113. The Morgan fingerprint density at radius 1 is 1.15 bits per heavy atom. The summed E-state index contributed by atoms with van der Waals surface area (Å²) in [5, 5.41) is 8.84. The monoisotopic (exact) mass is 186 g/mol. The molecule has 0 aliphatic rings. The number of halogens is 2. The number of aryl methyl sites for hydroxylation is 1. The Labute approximate surface area is 76.0 Å². The molecule has 0 saturated heterocycles. The third kappa shape index (κ3) is 3.51. The second kappa shape index (κ2) is 4.92. The molecule has 0 fully saturated rings. The second-order valence-electron chi connectivity index (χ2n) is 2.93. The molecule has 72 valence electrons. The van der Waals surface area contributed by atoms with Crippen LogP contribution in [0.4, 0.5) is 8.78 Å². The molecule has 0 spiro atoms. The van der Waals surface area contributed by atoms with Crippen LogP contribution in [0.1, 0.15) is 12.0 Å². The molecule has 0 aliphatic carbocycles. The lowest BCUT2D eigenvalue weighted by molar-refractivity contribution is -0.00849. The fourth-order valence-electron chi connectivity index (χ4n) is 1.09. The number of alkyl halides is 2. The van der Waals surface area contributed by atoms with Crippen LogP contribution in [0, 0.1) is 0 Å². The summed E-state index contributed by atoms with van der Waals surface area (Å²) < 4.78 is 23.8. The number of rotatable bonds is 4. The van der Waals surface area contributed by atoms with Gasteiger partial charge in [0.05, 0.1) is 0 Å². The molecule has 0 heterocycles. The van der Waals surface area contributed by atoms with E-state index in [1.807, 2.05) is 30.3 Å². The molecule has 0 saturated carbocycles. The first-order valence-electron chi connectivity index (χ1n) is 4.20. The average Bonchev–Trinajstić information content (AvgIpc) is 2.15. The van der Waals surface area contributed by atoms with E-state index in [4.69, 9.17) is 5.11 Å². The maximum Gasteiger partial charge on any atom is 0.264 e. The third-order valence-corrected chi connectivity index (χ3v) is 1.86. The van der Waals surface area contributed by atoms with Crippen molar-refractivity contribution >= 4 is 0 Å². The average molecular weight is 186 g/mol. The number of aliphatic hydroxyl groups excluding tert-OH is 1. The molecule has 1 N–H and O–H groups in total. The molecule has 3 heteroatoms. The van der Waals surface area contributed by atoms with Crippen LogP contribution in [0.3, 0.4) is 0 Å². The number of benzene rings is 1. The Morgan fingerprint density at radius 2 is 1.77 bits per heavy atom. The molecule has 1 aromatic rings. The van der Waals surface area contributed by atoms with E-state index < -0.39 is 12.5 Å². The number of hydrogen-bond acceptors (Lipinski definition) is 1. The Bertz CT molecular complexity index is 236. The van der Waals surface area contributed by atoms with E-state index in [-0.39, 0.29) is 6.42 Å². The summed E-state index contributed by atoms with van der Waals surface area (Å²) in [6.07, 6.45) is -3.53. The quantitative estimate of drug-likeness (QED) is 0.764. The zero-order chi connectivity index (χ0) is 9.68. The standard InChI is InChI=1S/C10H12F2O/c11-10(12)9(13)7-6-8-4-2-1-3-5-8/h1-5,9-10,13H,6-7H2. The summed E-state index contributed by atoms with van der Waals surface area (Å²) in [7, 11) is 0. The predicted molar refractivity (Wildman–Crippen MR) is 46.8 cm³/mol. The van der Waals surface area contributed by atoms with E-state index in [0.717, 1.165) is 5.56 Å². The maximum atomic E-state index is 11.9. The van der Waals surface area contributed by atoms with Crippen LogP contribution >= 0.6 is 0 Å². The molecule has 1 atom stereocenters. The summed E-state index contributed by atoms with van der Waals surface area (Å²) in [4.78, 5) is 0. The first-order chi connectivity index (χ1) is 6.20. The minimum atomic E-state index is -2.64. The maximum absolute atomic E-state index is 11.9. The lowest BCUT2D eigenvalue weighted by atomic mass is 10.1. The highest BCUT2D eigenvalue weighted by atomic mass is 19.3. The van der Waals surface area contributed by atoms with Gasteiger partial charge in [0.15, 0.2) is 0 Å². The van der Waals surface area contributed by atoms with E-state index in [9.17, 15) is 8.78 Å². The smallest absolute Gasteiger partial charge is 0.264 e. The van der Waals surface area contributed by atoms with Crippen LogP contribution < -0.4 is 0 Å². The van der Waals surface area contributed by atoms with Crippen molar-refractivity contribution in [3.63, 3.8) is 0 Å². The second-order valence-corrected chi connectivity index (χ2v) is 2.93. The van der Waals surface area contributed by atoms with Crippen molar-refractivity contribution in [2.24, 2.45) is 0 Å². The summed E-state index contributed by atoms with van der Waals surface area (Å²) >= 11 is 0. The molecular formula is C10H12F2O. The van der Waals surface area contributed by atoms with E-state index in [1.54, 1.807) is 0 Å². The van der Waals surface area contributed by atoms with Gasteiger partial charge in [-0.15, -0.1) is 0 Å². The topological polar surface area (TPSA) is 20.2 Å². The van der Waals surface area contributed by atoms with Gasteiger partial charge in [0.2, 0.25) is 0 Å². The van der Waals surface area contributed by atoms with Crippen molar-refractivity contribution in [3.05, 3.63) is 35.9 Å². The zero-order valence-corrected chi connectivity index (χ0v) is 7.16. The van der Waals surface area contributed by atoms with Crippen LogP contribution in [-0.2, 0) is 6.42 Å². The van der Waals surface area contributed by atoms with Gasteiger partial charge in [-0.1, -0.05) is 30.3 Å². The summed E-state index contributed by atoms with van der Waals surface area (Å²) in [6.45, 7) is 0. The summed E-state index contributed by atoms with van der Waals surface area (Å²) in [5.74, 6) is 0. The van der Waals surface area contributed by atoms with Gasteiger partial charge in [0.1, 0.15) is 6.10 Å². The van der Waals surface area contributed by atoms with E-state index in [1.165, 1.54) is 0 Å². The van der Waals surface area contributed by atoms with Gasteiger partial charge in [-0.05, 0) is 18.4 Å². The normalized spacial score (nSPS) is 13.2. The van der Waals surface area contributed by atoms with Crippen molar-refractivity contribution in [2.75, 3.05) is 0 Å². The van der Waals surface area contributed by atoms with Crippen LogP contribution in [0.2, 0.25) is 0 Å². The molecule has 13 heavy (non-hydrogen) atoms. The highest BCUT2D eigenvalue weighted by Crippen LogP contribution is 2.09. The Balaban J connectivity index is 2.35. The SMILES string of the molecule is OC(CCc1ccccc1)C(F)F. The molecule has 1 nitrogen and oxygen atoms in total. The van der Waals surface area contributed by atoms with Gasteiger partial charge in [-0.25, -0.2) is 8.78 Å². The van der Waals surface area contributed by atoms with Gasteiger partial charge in [0.25, 0.3) is 6.43 Å². The largest absolute Gasteiger partial charge is 0.387 e. The fraction of sp³-hybridized carbons (Fsp3) is 0.400. The molecule has 0 radical (unpaired) electrons. The lowest BCUT2D eigenvalue weighted by Crippen LogP contribution is -2.17. The molecule has 0 bridgehead atoms. The van der Waals surface area contributed by atoms with Crippen LogP contribution in [0.25, 0.3) is 0 Å². The molecule has 0 aliphatic heterocycles. The first kappa shape index (κ1) is 10.1. The molecule has 0 amide bonds. The molecule has 0 aromatic heterocycles. The minimum Gasteiger partial charge on any atom is -0.387 e. The molecule has 1 rings (SSSR count). The fourth-order valence-corrected chi connectivity index (χ4v) is 1.09. The molecule has 1 aromatic carbocycles. The van der Waals surface area contributed by atoms with Gasteiger partial charge in [0, 0.05) is 0 Å². The van der Waals surface area contributed by atoms with E-state index in [2.05, 4.69) is 0 Å². The Morgan fingerprint density at radius 3 is 2.31 bits per heavy atom. The van der Waals surface area contributed by atoms with Crippen molar-refractivity contribution in [1.29, 1.82) is 0 Å². The Kier molecular flexibility index (Phi) is 3.83. The predicted octanol–water partition coefficient (Wildman–Crippen LogP) is 2.25. The highest BCUT2D eigenvalue weighted by molar-refractivity contribution is 5.14. The van der Waals surface area contributed by atoms with Crippen molar-refractivity contribution in [2.45, 2.75) is 25.4 Å². The summed E-state index contributed by atoms with van der Waals surface area (Å²) in [6, 6.07) is 9.29. The first-order valence-corrected chi connectivity index (χ1v) is 4.20. The van der Waals surface area contributed by atoms with Crippen LogP contribution in [0.15, 0.2) is 30.3 Å². The lowest BCUT2D eigenvalue weighted by Gasteiger charge is -2.08. The van der Waals surface area contributed by atoms with Crippen LogP contribution in [0.5, 0.6) is 0 Å².